The molecule has 0 aliphatic heterocycles. The Labute approximate surface area is 119 Å². The topological polar surface area (TPSA) is 21.3 Å². The van der Waals surface area contributed by atoms with Crippen LogP contribution in [0.1, 0.15) is 24.5 Å². The highest BCUT2D eigenvalue weighted by Crippen LogP contribution is 2.26. The molecule has 2 rings (SSSR count). The van der Waals surface area contributed by atoms with Gasteiger partial charge in [-0.05, 0) is 61.3 Å². The first-order valence-corrected chi connectivity index (χ1v) is 6.92. The molecule has 0 aliphatic carbocycles. The van der Waals surface area contributed by atoms with E-state index in [-0.39, 0.29) is 5.82 Å². The summed E-state index contributed by atoms with van der Waals surface area (Å²) in [4.78, 5) is 0. The summed E-state index contributed by atoms with van der Waals surface area (Å²) < 4.78 is 18.9. The van der Waals surface area contributed by atoms with Gasteiger partial charge < -0.3 is 10.1 Å². The predicted octanol–water partition coefficient (Wildman–Crippen LogP) is 4.43. The Morgan fingerprint density at radius 2 is 2.00 bits per heavy atom. The first kappa shape index (κ1) is 14.5. The van der Waals surface area contributed by atoms with Crippen molar-refractivity contribution in [3.63, 3.8) is 0 Å². The summed E-state index contributed by atoms with van der Waals surface area (Å²) in [5.41, 5.74) is 1.97. The Morgan fingerprint density at radius 1 is 1.15 bits per heavy atom. The molecular formula is C17H20FNO. The minimum absolute atomic E-state index is 0.243. The highest BCUT2D eigenvalue weighted by Gasteiger charge is 2.03. The second kappa shape index (κ2) is 7.06. The van der Waals surface area contributed by atoms with Gasteiger partial charge in [-0.1, -0.05) is 19.1 Å². The second-order valence-electron chi connectivity index (χ2n) is 4.84. The van der Waals surface area contributed by atoms with Crippen LogP contribution in [0.4, 0.5) is 4.39 Å². The number of benzene rings is 2. The van der Waals surface area contributed by atoms with Crippen LogP contribution in [0.25, 0.3) is 0 Å². The molecule has 0 saturated carbocycles. The van der Waals surface area contributed by atoms with Gasteiger partial charge in [-0.3, -0.25) is 0 Å². The lowest BCUT2D eigenvalue weighted by atomic mass is 10.2. The fourth-order valence-electron chi connectivity index (χ4n) is 1.98. The molecule has 2 aromatic rings. The maximum Gasteiger partial charge on any atom is 0.130 e. The van der Waals surface area contributed by atoms with E-state index in [2.05, 4.69) is 18.3 Å². The van der Waals surface area contributed by atoms with Gasteiger partial charge in [0.2, 0.25) is 0 Å². The largest absolute Gasteiger partial charge is 0.457 e. The van der Waals surface area contributed by atoms with Gasteiger partial charge in [0.05, 0.1) is 0 Å². The zero-order valence-electron chi connectivity index (χ0n) is 11.9. The van der Waals surface area contributed by atoms with Gasteiger partial charge in [-0.15, -0.1) is 0 Å². The molecule has 20 heavy (non-hydrogen) atoms. The van der Waals surface area contributed by atoms with E-state index in [0.717, 1.165) is 30.8 Å². The molecule has 0 atom stereocenters. The first-order valence-electron chi connectivity index (χ1n) is 6.92. The molecule has 0 unspecified atom stereocenters. The maximum absolute atomic E-state index is 13.1. The number of ether oxygens (including phenoxy) is 1. The number of aryl methyl sites for hydroxylation is 1. The Hall–Kier alpha value is -1.87. The second-order valence-corrected chi connectivity index (χ2v) is 4.84. The molecule has 0 aromatic heterocycles. The summed E-state index contributed by atoms with van der Waals surface area (Å²) in [6, 6.07) is 12.5. The monoisotopic (exact) mass is 273 g/mol. The van der Waals surface area contributed by atoms with E-state index in [9.17, 15) is 4.39 Å². The fraction of sp³-hybridized carbons (Fsp3) is 0.294. The van der Waals surface area contributed by atoms with E-state index in [1.54, 1.807) is 6.07 Å². The zero-order chi connectivity index (χ0) is 14.4. The Morgan fingerprint density at radius 3 is 2.75 bits per heavy atom. The number of hydrogen-bond acceptors (Lipinski definition) is 2. The van der Waals surface area contributed by atoms with Gasteiger partial charge in [0.15, 0.2) is 0 Å². The Balaban J connectivity index is 2.07. The summed E-state index contributed by atoms with van der Waals surface area (Å²) in [7, 11) is 0. The van der Waals surface area contributed by atoms with E-state index < -0.39 is 0 Å². The first-order chi connectivity index (χ1) is 9.69. The van der Waals surface area contributed by atoms with Gasteiger partial charge in [-0.2, -0.15) is 0 Å². The lowest BCUT2D eigenvalue weighted by molar-refractivity contribution is 0.475. The van der Waals surface area contributed by atoms with E-state index in [1.807, 2.05) is 25.1 Å². The van der Waals surface area contributed by atoms with Crippen molar-refractivity contribution in [2.75, 3.05) is 6.54 Å². The van der Waals surface area contributed by atoms with Crippen molar-refractivity contribution in [2.45, 2.75) is 26.8 Å². The van der Waals surface area contributed by atoms with E-state index in [0.29, 0.717) is 5.75 Å². The van der Waals surface area contributed by atoms with Crippen molar-refractivity contribution in [1.29, 1.82) is 0 Å². The maximum atomic E-state index is 13.1. The van der Waals surface area contributed by atoms with Crippen molar-refractivity contribution < 1.29 is 9.13 Å². The Bertz CT molecular complexity index is 569. The molecule has 0 spiro atoms. The molecular weight excluding hydrogens is 253 g/mol. The van der Waals surface area contributed by atoms with Crippen LogP contribution < -0.4 is 10.1 Å². The van der Waals surface area contributed by atoms with Crippen LogP contribution >= 0.6 is 0 Å². The average molecular weight is 273 g/mol. The summed E-state index contributed by atoms with van der Waals surface area (Å²) in [5.74, 6) is 1.22. The molecule has 1 N–H and O–H groups in total. The van der Waals surface area contributed by atoms with Crippen LogP contribution in [-0.2, 0) is 6.54 Å². The number of halogens is 1. The standard InChI is InChI=1S/C17H20FNO/c1-3-9-19-12-14-5-4-6-16(11-14)20-17-8-7-15(18)10-13(17)2/h4-8,10-11,19H,3,9,12H2,1-2H3. The van der Waals surface area contributed by atoms with Crippen LogP contribution in [0.5, 0.6) is 11.5 Å². The number of rotatable bonds is 6. The molecule has 106 valence electrons. The van der Waals surface area contributed by atoms with Gasteiger partial charge >= 0.3 is 0 Å². The molecule has 0 heterocycles. The van der Waals surface area contributed by atoms with Crippen molar-refractivity contribution in [1.82, 2.24) is 5.32 Å². The lowest BCUT2D eigenvalue weighted by Gasteiger charge is -2.10. The molecule has 0 aliphatic rings. The third kappa shape index (κ3) is 4.07. The quantitative estimate of drug-likeness (QED) is 0.786. The third-order valence-corrected chi connectivity index (χ3v) is 3.02. The minimum atomic E-state index is -0.243. The summed E-state index contributed by atoms with van der Waals surface area (Å²) in [5, 5.41) is 3.36. The number of nitrogens with one attached hydrogen (secondary N) is 1. The van der Waals surface area contributed by atoms with E-state index in [1.165, 1.54) is 17.7 Å². The minimum Gasteiger partial charge on any atom is -0.457 e. The molecule has 0 radical (unpaired) electrons. The highest BCUT2D eigenvalue weighted by atomic mass is 19.1. The van der Waals surface area contributed by atoms with Crippen LogP contribution in [-0.4, -0.2) is 6.54 Å². The average Bonchev–Trinajstić information content (AvgIpc) is 2.43. The molecule has 0 saturated heterocycles. The summed E-state index contributed by atoms with van der Waals surface area (Å²) in [6.07, 6.45) is 1.12. The van der Waals surface area contributed by atoms with Crippen molar-refractivity contribution >= 4 is 0 Å². The van der Waals surface area contributed by atoms with Crippen LogP contribution in [0.15, 0.2) is 42.5 Å². The number of hydrogen-bond donors (Lipinski definition) is 1. The summed E-state index contributed by atoms with van der Waals surface area (Å²) >= 11 is 0. The van der Waals surface area contributed by atoms with Crippen molar-refractivity contribution in [2.24, 2.45) is 0 Å². The third-order valence-electron chi connectivity index (χ3n) is 3.02. The van der Waals surface area contributed by atoms with E-state index >= 15 is 0 Å². The van der Waals surface area contributed by atoms with Crippen molar-refractivity contribution in [3.05, 3.63) is 59.4 Å². The molecule has 2 nitrogen and oxygen atoms in total. The van der Waals surface area contributed by atoms with Gasteiger partial charge in [0.1, 0.15) is 17.3 Å². The van der Waals surface area contributed by atoms with Crippen LogP contribution in [0.3, 0.4) is 0 Å². The highest BCUT2D eigenvalue weighted by molar-refractivity contribution is 5.38. The lowest BCUT2D eigenvalue weighted by Crippen LogP contribution is -2.13. The molecule has 0 bridgehead atoms. The van der Waals surface area contributed by atoms with Gasteiger partial charge in [0.25, 0.3) is 0 Å². The molecule has 0 amide bonds. The normalized spacial score (nSPS) is 10.6. The molecule has 0 fully saturated rings. The predicted molar refractivity (Wildman–Crippen MR) is 79.7 cm³/mol. The zero-order valence-corrected chi connectivity index (χ0v) is 11.9. The smallest absolute Gasteiger partial charge is 0.130 e. The SMILES string of the molecule is CCCNCc1cccc(Oc2ccc(F)cc2C)c1. The van der Waals surface area contributed by atoms with Gasteiger partial charge in [-0.25, -0.2) is 4.39 Å². The van der Waals surface area contributed by atoms with Crippen molar-refractivity contribution in [3.8, 4) is 11.5 Å². The fourth-order valence-corrected chi connectivity index (χ4v) is 1.98. The van der Waals surface area contributed by atoms with Crippen LogP contribution in [0.2, 0.25) is 0 Å². The Kier molecular flexibility index (Phi) is 5.13. The van der Waals surface area contributed by atoms with Crippen LogP contribution in [0, 0.1) is 12.7 Å². The van der Waals surface area contributed by atoms with Gasteiger partial charge in [0, 0.05) is 6.54 Å². The molecule has 2 aromatic carbocycles. The molecule has 3 heteroatoms. The van der Waals surface area contributed by atoms with E-state index in [4.69, 9.17) is 4.74 Å². The summed E-state index contributed by atoms with van der Waals surface area (Å²) in [6.45, 7) is 5.81.